The number of pyridine rings is 1. The van der Waals surface area contributed by atoms with E-state index >= 15 is 0 Å². The number of methoxy groups -OCH3 is 1. The highest BCUT2D eigenvalue weighted by molar-refractivity contribution is 5.30. The van der Waals surface area contributed by atoms with Crippen LogP contribution in [0.1, 0.15) is 17.3 Å². The van der Waals surface area contributed by atoms with Gasteiger partial charge in [-0.25, -0.2) is 9.97 Å². The quantitative estimate of drug-likeness (QED) is 0.855. The second-order valence-corrected chi connectivity index (χ2v) is 3.51. The van der Waals surface area contributed by atoms with E-state index in [1.807, 2.05) is 19.2 Å². The molecule has 2 heterocycles. The van der Waals surface area contributed by atoms with Crippen LogP contribution >= 0.6 is 0 Å². The smallest absolute Gasteiger partial charge is 0.137 e. The number of nitrogens with zero attached hydrogens (tertiary/aromatic N) is 3. The van der Waals surface area contributed by atoms with Crippen molar-refractivity contribution in [3.05, 3.63) is 48.3 Å². The van der Waals surface area contributed by atoms with Crippen LogP contribution in [0, 0.1) is 0 Å². The SMILES string of the molecule is CNC(c1cncc(OC)c1)c1ccncn1. The first-order valence-electron chi connectivity index (χ1n) is 5.27. The minimum absolute atomic E-state index is 0.0133. The van der Waals surface area contributed by atoms with E-state index in [1.165, 1.54) is 6.33 Å². The first-order chi connectivity index (χ1) is 8.35. The molecule has 2 aromatic heterocycles. The number of hydrogen-bond donors (Lipinski definition) is 1. The molecule has 0 aliphatic carbocycles. The Morgan fingerprint density at radius 1 is 1.29 bits per heavy atom. The van der Waals surface area contributed by atoms with Gasteiger partial charge >= 0.3 is 0 Å². The molecule has 1 N–H and O–H groups in total. The lowest BCUT2D eigenvalue weighted by Crippen LogP contribution is -2.19. The average molecular weight is 230 g/mol. The summed E-state index contributed by atoms with van der Waals surface area (Å²) in [4.78, 5) is 12.3. The number of nitrogens with one attached hydrogen (secondary N) is 1. The van der Waals surface area contributed by atoms with Gasteiger partial charge in [0.05, 0.1) is 25.0 Å². The highest BCUT2D eigenvalue weighted by Crippen LogP contribution is 2.21. The molecule has 88 valence electrons. The molecule has 0 saturated carbocycles. The van der Waals surface area contributed by atoms with Crippen LogP contribution in [0.25, 0.3) is 0 Å². The lowest BCUT2D eigenvalue weighted by Gasteiger charge is -2.15. The Labute approximate surface area is 99.9 Å². The van der Waals surface area contributed by atoms with Crippen molar-refractivity contribution in [1.29, 1.82) is 0 Å². The third-order valence-corrected chi connectivity index (χ3v) is 2.49. The minimum Gasteiger partial charge on any atom is -0.495 e. The van der Waals surface area contributed by atoms with E-state index < -0.39 is 0 Å². The maximum absolute atomic E-state index is 5.16. The third kappa shape index (κ3) is 2.57. The number of aromatic nitrogens is 3. The first kappa shape index (κ1) is 11.5. The summed E-state index contributed by atoms with van der Waals surface area (Å²) in [5, 5.41) is 3.20. The largest absolute Gasteiger partial charge is 0.495 e. The van der Waals surface area contributed by atoms with Gasteiger partial charge in [-0.15, -0.1) is 0 Å². The van der Waals surface area contributed by atoms with Crippen molar-refractivity contribution in [1.82, 2.24) is 20.3 Å². The van der Waals surface area contributed by atoms with Crippen molar-refractivity contribution in [3.8, 4) is 5.75 Å². The van der Waals surface area contributed by atoms with E-state index in [4.69, 9.17) is 4.74 Å². The molecule has 0 bridgehead atoms. The van der Waals surface area contributed by atoms with Crippen LogP contribution in [-0.4, -0.2) is 29.1 Å². The summed E-state index contributed by atoms with van der Waals surface area (Å²) in [6.45, 7) is 0. The molecule has 2 rings (SSSR count). The van der Waals surface area contributed by atoms with E-state index in [0.29, 0.717) is 0 Å². The molecule has 5 nitrogen and oxygen atoms in total. The van der Waals surface area contributed by atoms with Gasteiger partial charge in [-0.3, -0.25) is 4.98 Å². The molecule has 1 atom stereocenters. The molecule has 2 aromatic rings. The van der Waals surface area contributed by atoms with Crippen LogP contribution in [0.5, 0.6) is 5.75 Å². The zero-order chi connectivity index (χ0) is 12.1. The van der Waals surface area contributed by atoms with E-state index in [9.17, 15) is 0 Å². The zero-order valence-electron chi connectivity index (χ0n) is 9.79. The standard InChI is InChI=1S/C12H14N4O/c1-13-12(11-3-4-14-8-16-11)9-5-10(17-2)7-15-6-9/h3-8,12-13H,1-2H3. The van der Waals surface area contributed by atoms with Crippen molar-refractivity contribution in [3.63, 3.8) is 0 Å². The highest BCUT2D eigenvalue weighted by atomic mass is 16.5. The highest BCUT2D eigenvalue weighted by Gasteiger charge is 2.13. The summed E-state index contributed by atoms with van der Waals surface area (Å²) in [6.07, 6.45) is 6.73. The van der Waals surface area contributed by atoms with Crippen molar-refractivity contribution in [2.45, 2.75) is 6.04 Å². The second kappa shape index (κ2) is 5.36. The van der Waals surface area contributed by atoms with E-state index in [1.54, 1.807) is 25.7 Å². The molecule has 0 aliphatic rings. The van der Waals surface area contributed by atoms with Crippen LogP contribution in [0.15, 0.2) is 37.1 Å². The van der Waals surface area contributed by atoms with Gasteiger partial charge in [0.25, 0.3) is 0 Å². The van der Waals surface area contributed by atoms with Crippen LogP contribution in [0.4, 0.5) is 0 Å². The Morgan fingerprint density at radius 3 is 2.82 bits per heavy atom. The zero-order valence-corrected chi connectivity index (χ0v) is 9.79. The van der Waals surface area contributed by atoms with E-state index in [0.717, 1.165) is 17.0 Å². The summed E-state index contributed by atoms with van der Waals surface area (Å²) < 4.78 is 5.16. The molecule has 0 aliphatic heterocycles. The third-order valence-electron chi connectivity index (χ3n) is 2.49. The fourth-order valence-corrected chi connectivity index (χ4v) is 1.66. The molecule has 17 heavy (non-hydrogen) atoms. The van der Waals surface area contributed by atoms with Crippen molar-refractivity contribution in [2.75, 3.05) is 14.2 Å². The van der Waals surface area contributed by atoms with E-state index in [2.05, 4.69) is 20.3 Å². The molecule has 0 aromatic carbocycles. The van der Waals surface area contributed by atoms with Gasteiger partial charge in [0.2, 0.25) is 0 Å². The summed E-state index contributed by atoms with van der Waals surface area (Å²) in [6, 6.07) is 3.80. The van der Waals surface area contributed by atoms with Crippen molar-refractivity contribution in [2.24, 2.45) is 0 Å². The molecule has 0 spiro atoms. The van der Waals surface area contributed by atoms with Gasteiger partial charge in [0.15, 0.2) is 0 Å². The van der Waals surface area contributed by atoms with Crippen LogP contribution in [-0.2, 0) is 0 Å². The topological polar surface area (TPSA) is 59.9 Å². The van der Waals surface area contributed by atoms with Gasteiger partial charge in [0, 0.05) is 12.4 Å². The van der Waals surface area contributed by atoms with E-state index in [-0.39, 0.29) is 6.04 Å². The fraction of sp³-hybridized carbons (Fsp3) is 0.250. The maximum Gasteiger partial charge on any atom is 0.137 e. The Kier molecular flexibility index (Phi) is 3.62. The maximum atomic E-state index is 5.16. The van der Waals surface area contributed by atoms with Crippen LogP contribution in [0.2, 0.25) is 0 Å². The average Bonchev–Trinajstić information content (AvgIpc) is 2.41. The van der Waals surface area contributed by atoms with Gasteiger partial charge in [-0.05, 0) is 24.7 Å². The molecule has 0 fully saturated rings. The Balaban J connectivity index is 2.35. The Bertz CT molecular complexity index is 475. The van der Waals surface area contributed by atoms with Crippen LogP contribution in [0.3, 0.4) is 0 Å². The lowest BCUT2D eigenvalue weighted by molar-refractivity contribution is 0.411. The molecule has 0 amide bonds. The Morgan fingerprint density at radius 2 is 2.18 bits per heavy atom. The summed E-state index contributed by atoms with van der Waals surface area (Å²) in [5.74, 6) is 0.733. The number of rotatable bonds is 4. The van der Waals surface area contributed by atoms with Crippen molar-refractivity contribution >= 4 is 0 Å². The number of ether oxygens (including phenoxy) is 1. The molecule has 0 radical (unpaired) electrons. The van der Waals surface area contributed by atoms with Gasteiger partial charge in [-0.1, -0.05) is 0 Å². The van der Waals surface area contributed by atoms with Gasteiger partial charge in [-0.2, -0.15) is 0 Å². The normalized spacial score (nSPS) is 12.1. The molecule has 0 saturated heterocycles. The van der Waals surface area contributed by atoms with Crippen LogP contribution < -0.4 is 10.1 Å². The van der Waals surface area contributed by atoms with Gasteiger partial charge < -0.3 is 10.1 Å². The molecular formula is C12H14N4O. The first-order valence-corrected chi connectivity index (χ1v) is 5.27. The fourth-order valence-electron chi connectivity index (χ4n) is 1.66. The molecular weight excluding hydrogens is 216 g/mol. The van der Waals surface area contributed by atoms with Gasteiger partial charge in [0.1, 0.15) is 12.1 Å². The second-order valence-electron chi connectivity index (χ2n) is 3.51. The predicted octanol–water partition coefficient (Wildman–Crippen LogP) is 1.19. The monoisotopic (exact) mass is 230 g/mol. The minimum atomic E-state index is -0.0133. The molecule has 1 unspecified atom stereocenters. The summed E-state index contributed by atoms with van der Waals surface area (Å²) >= 11 is 0. The van der Waals surface area contributed by atoms with Crippen molar-refractivity contribution < 1.29 is 4.74 Å². The lowest BCUT2D eigenvalue weighted by atomic mass is 10.1. The summed E-state index contributed by atoms with van der Waals surface area (Å²) in [5.41, 5.74) is 1.91. The Hall–Kier alpha value is -2.01. The predicted molar refractivity (Wildman–Crippen MR) is 63.7 cm³/mol. The number of hydrogen-bond acceptors (Lipinski definition) is 5. The summed E-state index contributed by atoms with van der Waals surface area (Å²) in [7, 11) is 3.51. The molecule has 5 heteroatoms.